The lowest BCUT2D eigenvalue weighted by atomic mass is 10.0. The molecule has 1 rings (SSSR count). The molecular weight excluding hydrogens is 298 g/mol. The Labute approximate surface area is 135 Å². The van der Waals surface area contributed by atoms with Crippen LogP contribution < -0.4 is 20.7 Å². The number of aliphatic hydroxyl groups is 1. The third kappa shape index (κ3) is 4.23. The molecule has 0 radical (unpaired) electrons. The fourth-order valence-corrected chi connectivity index (χ4v) is 2.27. The first kappa shape index (κ1) is 18.5. The van der Waals surface area contributed by atoms with E-state index in [0.29, 0.717) is 35.7 Å². The highest BCUT2D eigenvalue weighted by Gasteiger charge is 2.21. The number of Topliss-reactive ketones (excluding diaryl/α,β-unsaturated/α-hetero) is 1. The van der Waals surface area contributed by atoms with Gasteiger partial charge >= 0.3 is 0 Å². The molecule has 0 heterocycles. The van der Waals surface area contributed by atoms with Gasteiger partial charge in [0.05, 0.1) is 25.1 Å². The number of nitrogens with zero attached hydrogens (tertiary/aromatic N) is 1. The van der Waals surface area contributed by atoms with Crippen LogP contribution in [0.15, 0.2) is 18.7 Å². The van der Waals surface area contributed by atoms with E-state index in [0.717, 1.165) is 0 Å². The molecule has 0 aliphatic rings. The van der Waals surface area contributed by atoms with Crippen molar-refractivity contribution in [3.05, 3.63) is 29.8 Å². The van der Waals surface area contributed by atoms with Crippen molar-refractivity contribution in [1.29, 1.82) is 0 Å². The number of likely N-dealkylation sites (N-methyl/N-ethyl adjacent to an activating group) is 1. The molecule has 0 unspecified atom stereocenters. The summed E-state index contributed by atoms with van der Waals surface area (Å²) in [4.78, 5) is 24.7. The van der Waals surface area contributed by atoms with Crippen molar-refractivity contribution in [3.8, 4) is 5.75 Å². The van der Waals surface area contributed by atoms with E-state index in [1.807, 2.05) is 0 Å². The molecule has 7 nitrogen and oxygen atoms in total. The summed E-state index contributed by atoms with van der Waals surface area (Å²) in [5, 5.41) is 12.3. The number of amides is 1. The molecule has 0 aliphatic heterocycles. The van der Waals surface area contributed by atoms with Crippen molar-refractivity contribution in [2.24, 2.45) is 0 Å². The zero-order valence-corrected chi connectivity index (χ0v) is 13.7. The number of methoxy groups -OCH3 is 1. The highest BCUT2D eigenvalue weighted by atomic mass is 16.5. The van der Waals surface area contributed by atoms with Crippen LogP contribution in [0.3, 0.4) is 0 Å². The summed E-state index contributed by atoms with van der Waals surface area (Å²) in [5.74, 6) is -0.0341. The molecule has 0 aromatic heterocycles. The molecule has 7 heteroatoms. The van der Waals surface area contributed by atoms with Crippen molar-refractivity contribution in [1.82, 2.24) is 5.32 Å². The van der Waals surface area contributed by atoms with E-state index in [9.17, 15) is 14.7 Å². The normalized spacial score (nSPS) is 10.1. The van der Waals surface area contributed by atoms with E-state index in [1.54, 1.807) is 18.0 Å². The van der Waals surface area contributed by atoms with Crippen LogP contribution in [0.2, 0.25) is 0 Å². The maximum absolute atomic E-state index is 11.7. The molecule has 0 fully saturated rings. The zero-order chi connectivity index (χ0) is 17.6. The van der Waals surface area contributed by atoms with Crippen LogP contribution in [0.4, 0.5) is 11.4 Å². The number of rotatable bonds is 8. The Morgan fingerprint density at radius 1 is 1.52 bits per heavy atom. The maximum Gasteiger partial charge on any atom is 0.243 e. The number of carbonyl (C=O) groups excluding carboxylic acids is 2. The summed E-state index contributed by atoms with van der Waals surface area (Å²) < 4.78 is 5.34. The third-order valence-electron chi connectivity index (χ3n) is 3.48. The van der Waals surface area contributed by atoms with Gasteiger partial charge in [0.2, 0.25) is 5.91 Å². The van der Waals surface area contributed by atoms with Gasteiger partial charge in [-0.15, -0.1) is 0 Å². The van der Waals surface area contributed by atoms with Gasteiger partial charge in [0, 0.05) is 31.3 Å². The summed E-state index contributed by atoms with van der Waals surface area (Å²) in [6.07, 6.45) is 1.19. The Hall–Kier alpha value is -2.54. The predicted octanol–water partition coefficient (Wildman–Crippen LogP) is 0.711. The van der Waals surface area contributed by atoms with Gasteiger partial charge in [0.1, 0.15) is 5.75 Å². The Morgan fingerprint density at radius 3 is 2.65 bits per heavy atom. The number of hydrogen-bond acceptors (Lipinski definition) is 6. The lowest BCUT2D eigenvalue weighted by Crippen LogP contribution is -2.32. The first-order valence-corrected chi connectivity index (χ1v) is 7.09. The van der Waals surface area contributed by atoms with Gasteiger partial charge in [0.15, 0.2) is 5.78 Å². The van der Waals surface area contributed by atoms with Crippen molar-refractivity contribution in [3.63, 3.8) is 0 Å². The van der Waals surface area contributed by atoms with Crippen LogP contribution >= 0.6 is 0 Å². The molecule has 0 saturated heterocycles. The van der Waals surface area contributed by atoms with Gasteiger partial charge in [-0.25, -0.2) is 0 Å². The highest BCUT2D eigenvalue weighted by molar-refractivity contribution is 6.01. The average Bonchev–Trinajstić information content (AvgIpc) is 2.53. The molecule has 1 amide bonds. The number of aliphatic hydroxyl groups excluding tert-OH is 1. The number of ketones is 1. The van der Waals surface area contributed by atoms with Crippen LogP contribution in [-0.2, 0) is 11.4 Å². The smallest absolute Gasteiger partial charge is 0.243 e. The van der Waals surface area contributed by atoms with Crippen LogP contribution in [-0.4, -0.2) is 44.0 Å². The SMILES string of the molecule is C=CC(=O)NCCN(C)c1c(OC)cc(C(C)=O)c(N)c1CO. The van der Waals surface area contributed by atoms with Crippen molar-refractivity contribution in [2.75, 3.05) is 37.9 Å². The van der Waals surface area contributed by atoms with E-state index in [-0.39, 0.29) is 24.0 Å². The Morgan fingerprint density at radius 2 is 2.17 bits per heavy atom. The number of nitrogens with one attached hydrogen (secondary N) is 1. The van der Waals surface area contributed by atoms with Crippen molar-refractivity contribution in [2.45, 2.75) is 13.5 Å². The standard InChI is InChI=1S/C16H23N3O4/c1-5-14(22)18-6-7-19(3)16-12(9-20)15(17)11(10(2)21)8-13(16)23-4/h5,8,20H,1,6-7,9,17H2,2-4H3,(H,18,22). The summed E-state index contributed by atoms with van der Waals surface area (Å²) >= 11 is 0. The summed E-state index contributed by atoms with van der Waals surface area (Å²) in [5.41, 5.74) is 7.56. The Bertz CT molecular complexity index is 614. The molecule has 1 aromatic rings. The minimum atomic E-state index is -0.331. The van der Waals surface area contributed by atoms with Gasteiger partial charge in [-0.05, 0) is 19.1 Å². The molecule has 4 N–H and O–H groups in total. The highest BCUT2D eigenvalue weighted by Crippen LogP contribution is 2.38. The number of benzene rings is 1. The minimum Gasteiger partial charge on any atom is -0.495 e. The number of carbonyl (C=O) groups is 2. The molecule has 23 heavy (non-hydrogen) atoms. The molecule has 0 atom stereocenters. The predicted molar refractivity (Wildman–Crippen MR) is 89.8 cm³/mol. The van der Waals surface area contributed by atoms with Gasteiger partial charge in [-0.3, -0.25) is 9.59 Å². The van der Waals surface area contributed by atoms with Gasteiger partial charge in [0.25, 0.3) is 0 Å². The largest absolute Gasteiger partial charge is 0.495 e. The van der Waals surface area contributed by atoms with Crippen LogP contribution in [0.5, 0.6) is 5.75 Å². The lowest BCUT2D eigenvalue weighted by molar-refractivity contribution is -0.116. The molecule has 0 spiro atoms. The first-order valence-electron chi connectivity index (χ1n) is 7.09. The fraction of sp³-hybridized carbons (Fsp3) is 0.375. The van der Waals surface area contributed by atoms with E-state index >= 15 is 0 Å². The fourth-order valence-electron chi connectivity index (χ4n) is 2.27. The first-order chi connectivity index (χ1) is 10.9. The quantitative estimate of drug-likeness (QED) is 0.370. The van der Waals surface area contributed by atoms with Crippen molar-refractivity contribution < 1.29 is 19.4 Å². The second-order valence-corrected chi connectivity index (χ2v) is 5.00. The minimum absolute atomic E-state index is 0.206. The molecule has 0 saturated carbocycles. The maximum atomic E-state index is 11.7. The van der Waals surface area contributed by atoms with E-state index in [1.165, 1.54) is 20.1 Å². The monoisotopic (exact) mass is 321 g/mol. The summed E-state index contributed by atoms with van der Waals surface area (Å²) in [6, 6.07) is 1.56. The number of nitrogens with two attached hydrogens (primary N) is 1. The molecule has 0 aliphatic carbocycles. The number of nitrogen functional groups attached to an aromatic ring is 1. The van der Waals surface area contributed by atoms with Crippen LogP contribution in [0.1, 0.15) is 22.8 Å². The lowest BCUT2D eigenvalue weighted by Gasteiger charge is -2.26. The van der Waals surface area contributed by atoms with Crippen LogP contribution in [0.25, 0.3) is 0 Å². The molecule has 1 aromatic carbocycles. The Balaban J connectivity index is 3.17. The third-order valence-corrected chi connectivity index (χ3v) is 3.48. The summed E-state index contributed by atoms with van der Waals surface area (Å²) in [6.45, 7) is 5.29. The number of ether oxygens (including phenoxy) is 1. The van der Waals surface area contributed by atoms with Gasteiger partial charge < -0.3 is 25.8 Å². The van der Waals surface area contributed by atoms with Gasteiger partial charge in [-0.2, -0.15) is 0 Å². The van der Waals surface area contributed by atoms with E-state index in [2.05, 4.69) is 11.9 Å². The van der Waals surface area contributed by atoms with Crippen LogP contribution in [0, 0.1) is 0 Å². The molecule has 0 bridgehead atoms. The zero-order valence-electron chi connectivity index (χ0n) is 13.7. The van der Waals surface area contributed by atoms with Gasteiger partial charge in [-0.1, -0.05) is 6.58 Å². The average molecular weight is 321 g/mol. The second-order valence-electron chi connectivity index (χ2n) is 5.00. The van der Waals surface area contributed by atoms with Crippen molar-refractivity contribution >= 4 is 23.1 Å². The van der Waals surface area contributed by atoms with E-state index < -0.39 is 0 Å². The number of hydrogen-bond donors (Lipinski definition) is 3. The number of anilines is 2. The molecular formula is C16H23N3O4. The molecule has 126 valence electrons. The van der Waals surface area contributed by atoms with E-state index in [4.69, 9.17) is 10.5 Å². The topological polar surface area (TPSA) is 105 Å². The Kier molecular flexibility index (Phi) is 6.59. The second kappa shape index (κ2) is 8.19. The summed E-state index contributed by atoms with van der Waals surface area (Å²) in [7, 11) is 3.26.